The molecule has 2 heterocycles. The summed E-state index contributed by atoms with van der Waals surface area (Å²) in [5.74, 6) is -1.13. The van der Waals surface area contributed by atoms with Gasteiger partial charge in [0.15, 0.2) is 0 Å². The third kappa shape index (κ3) is 3.63. The van der Waals surface area contributed by atoms with Crippen LogP contribution in [-0.2, 0) is 16.6 Å². The summed E-state index contributed by atoms with van der Waals surface area (Å²) in [6.45, 7) is 3.81. The molecule has 0 amide bonds. The normalized spacial score (nSPS) is 20.6. The van der Waals surface area contributed by atoms with E-state index in [1.165, 1.54) is 16.8 Å². The number of carbonyl (C=O) groups is 1. The van der Waals surface area contributed by atoms with Gasteiger partial charge < -0.3 is 14.6 Å². The van der Waals surface area contributed by atoms with Gasteiger partial charge in [-0.05, 0) is 39.4 Å². The molecule has 2 N–H and O–H groups in total. The molecule has 0 aliphatic carbocycles. The molecule has 1 saturated heterocycles. The Hall–Kier alpha value is -1.38. The summed E-state index contributed by atoms with van der Waals surface area (Å²) in [6.07, 6.45) is 3.11. The van der Waals surface area contributed by atoms with E-state index in [-0.39, 0.29) is 16.6 Å². The zero-order valence-electron chi connectivity index (χ0n) is 12.2. The second kappa shape index (κ2) is 6.17. The quantitative estimate of drug-likeness (QED) is 0.829. The van der Waals surface area contributed by atoms with E-state index in [9.17, 15) is 13.2 Å². The van der Waals surface area contributed by atoms with Crippen LogP contribution in [0, 0.1) is 0 Å². The van der Waals surface area contributed by atoms with Gasteiger partial charge in [0.05, 0.1) is 0 Å². The van der Waals surface area contributed by atoms with Crippen LogP contribution in [0.1, 0.15) is 30.3 Å². The standard InChI is InChI=1S/C13H21N3O4S/c1-3-16-9-11(7-12(16)13(17)18)21(19,20)14-10-5-4-6-15(2)8-10/h7,9-10,14H,3-6,8H2,1-2H3,(H,17,18). The van der Waals surface area contributed by atoms with Gasteiger partial charge in [0.2, 0.25) is 10.0 Å². The second-order valence-corrected chi connectivity index (χ2v) is 7.09. The summed E-state index contributed by atoms with van der Waals surface area (Å²) in [6, 6.07) is 1.08. The molecule has 8 heteroatoms. The molecule has 21 heavy (non-hydrogen) atoms. The molecule has 0 radical (unpaired) electrons. The Morgan fingerprint density at radius 3 is 2.76 bits per heavy atom. The number of hydrogen-bond donors (Lipinski definition) is 2. The molecular formula is C13H21N3O4S. The van der Waals surface area contributed by atoms with Gasteiger partial charge in [0.1, 0.15) is 10.6 Å². The second-order valence-electron chi connectivity index (χ2n) is 5.37. The minimum absolute atomic E-state index is 0.00924. The van der Waals surface area contributed by atoms with Crippen molar-refractivity contribution in [2.45, 2.75) is 37.2 Å². The highest BCUT2D eigenvalue weighted by Crippen LogP contribution is 2.17. The number of aromatic carboxylic acids is 1. The summed E-state index contributed by atoms with van der Waals surface area (Å²) in [5, 5.41) is 9.09. The van der Waals surface area contributed by atoms with Gasteiger partial charge in [-0.3, -0.25) is 0 Å². The molecule has 2 rings (SSSR count). The van der Waals surface area contributed by atoms with Gasteiger partial charge in [-0.25, -0.2) is 17.9 Å². The molecule has 1 atom stereocenters. The Bertz CT molecular complexity index is 623. The minimum Gasteiger partial charge on any atom is -0.477 e. The SMILES string of the molecule is CCn1cc(S(=O)(=O)NC2CCCN(C)C2)cc1C(=O)O. The molecule has 1 aromatic heterocycles. The highest BCUT2D eigenvalue weighted by Gasteiger charge is 2.26. The Morgan fingerprint density at radius 2 is 2.24 bits per heavy atom. The molecular weight excluding hydrogens is 294 g/mol. The number of sulfonamides is 1. The van der Waals surface area contributed by atoms with Gasteiger partial charge in [0.25, 0.3) is 0 Å². The zero-order valence-corrected chi connectivity index (χ0v) is 13.1. The van der Waals surface area contributed by atoms with Crippen molar-refractivity contribution in [2.24, 2.45) is 0 Å². The summed E-state index contributed by atoms with van der Waals surface area (Å²) < 4.78 is 28.8. The van der Waals surface area contributed by atoms with Crippen LogP contribution in [0.5, 0.6) is 0 Å². The number of likely N-dealkylation sites (N-methyl/N-ethyl adjacent to an activating group) is 1. The number of rotatable bonds is 5. The number of aromatic nitrogens is 1. The molecule has 0 aromatic carbocycles. The van der Waals surface area contributed by atoms with Crippen molar-refractivity contribution in [3.63, 3.8) is 0 Å². The van der Waals surface area contributed by atoms with Gasteiger partial charge in [-0.1, -0.05) is 0 Å². The maximum Gasteiger partial charge on any atom is 0.352 e. The molecule has 0 bridgehead atoms. The van der Waals surface area contributed by atoms with Gasteiger partial charge >= 0.3 is 5.97 Å². The van der Waals surface area contributed by atoms with Crippen LogP contribution in [0.3, 0.4) is 0 Å². The number of hydrogen-bond acceptors (Lipinski definition) is 4. The highest BCUT2D eigenvalue weighted by atomic mass is 32.2. The van der Waals surface area contributed by atoms with Crippen molar-refractivity contribution < 1.29 is 18.3 Å². The molecule has 1 aromatic rings. The fourth-order valence-corrected chi connectivity index (χ4v) is 3.92. The van der Waals surface area contributed by atoms with E-state index in [0.717, 1.165) is 19.4 Å². The number of aryl methyl sites for hydroxylation is 1. The Kier molecular flexibility index (Phi) is 4.70. The summed E-state index contributed by atoms with van der Waals surface area (Å²) in [4.78, 5) is 13.2. The zero-order chi connectivity index (χ0) is 15.6. The molecule has 1 unspecified atom stereocenters. The smallest absolute Gasteiger partial charge is 0.352 e. The number of carboxylic acids is 1. The van der Waals surface area contributed by atoms with E-state index in [1.807, 2.05) is 7.05 Å². The fraction of sp³-hybridized carbons (Fsp3) is 0.615. The van der Waals surface area contributed by atoms with Gasteiger partial charge in [-0.15, -0.1) is 0 Å². The van der Waals surface area contributed by atoms with Crippen molar-refractivity contribution in [1.82, 2.24) is 14.2 Å². The Balaban J connectivity index is 2.21. The summed E-state index contributed by atoms with van der Waals surface area (Å²) in [5.41, 5.74) is -0.0152. The fourth-order valence-electron chi connectivity index (χ4n) is 2.62. The summed E-state index contributed by atoms with van der Waals surface area (Å²) >= 11 is 0. The van der Waals surface area contributed by atoms with Crippen LogP contribution >= 0.6 is 0 Å². The van der Waals surface area contributed by atoms with Crippen LogP contribution in [0.15, 0.2) is 17.2 Å². The molecule has 1 fully saturated rings. The largest absolute Gasteiger partial charge is 0.477 e. The van der Waals surface area contributed by atoms with E-state index in [0.29, 0.717) is 13.1 Å². The monoisotopic (exact) mass is 315 g/mol. The van der Waals surface area contributed by atoms with Crippen molar-refractivity contribution in [3.8, 4) is 0 Å². The van der Waals surface area contributed by atoms with Crippen LogP contribution in [0.2, 0.25) is 0 Å². The van der Waals surface area contributed by atoms with Crippen LogP contribution in [0.4, 0.5) is 0 Å². The molecule has 1 aliphatic heterocycles. The summed E-state index contributed by atoms with van der Waals surface area (Å²) in [7, 11) is -1.73. The van der Waals surface area contributed by atoms with Crippen molar-refractivity contribution in [1.29, 1.82) is 0 Å². The molecule has 7 nitrogen and oxygen atoms in total. The number of nitrogens with zero attached hydrogens (tertiary/aromatic N) is 2. The first-order valence-electron chi connectivity index (χ1n) is 6.98. The molecule has 118 valence electrons. The number of likely N-dealkylation sites (tertiary alicyclic amines) is 1. The highest BCUT2D eigenvalue weighted by molar-refractivity contribution is 7.89. The van der Waals surface area contributed by atoms with Crippen molar-refractivity contribution in [2.75, 3.05) is 20.1 Å². The molecule has 0 saturated carbocycles. The van der Waals surface area contributed by atoms with E-state index in [4.69, 9.17) is 5.11 Å². The maximum absolute atomic E-state index is 12.4. The van der Waals surface area contributed by atoms with Crippen molar-refractivity contribution >= 4 is 16.0 Å². The van der Waals surface area contributed by atoms with E-state index in [2.05, 4.69) is 9.62 Å². The van der Waals surface area contributed by atoms with Gasteiger partial charge in [0, 0.05) is 25.3 Å². The number of nitrogens with one attached hydrogen (secondary N) is 1. The van der Waals surface area contributed by atoms with Crippen LogP contribution in [-0.4, -0.2) is 55.1 Å². The maximum atomic E-state index is 12.4. The first kappa shape index (κ1) is 16.0. The van der Waals surface area contributed by atoms with Crippen molar-refractivity contribution in [3.05, 3.63) is 18.0 Å². The first-order chi connectivity index (χ1) is 9.83. The van der Waals surface area contributed by atoms with Gasteiger partial charge in [-0.2, -0.15) is 0 Å². The number of piperidine rings is 1. The van der Waals surface area contributed by atoms with E-state index >= 15 is 0 Å². The number of carboxylic acid groups (broad SMARTS) is 1. The van der Waals surface area contributed by atoms with Crippen LogP contribution < -0.4 is 4.72 Å². The Morgan fingerprint density at radius 1 is 1.52 bits per heavy atom. The first-order valence-corrected chi connectivity index (χ1v) is 8.46. The van der Waals surface area contributed by atoms with E-state index < -0.39 is 16.0 Å². The third-order valence-electron chi connectivity index (χ3n) is 3.69. The average molecular weight is 315 g/mol. The third-order valence-corrected chi connectivity index (χ3v) is 5.18. The lowest BCUT2D eigenvalue weighted by Crippen LogP contribution is -2.46. The van der Waals surface area contributed by atoms with E-state index in [1.54, 1.807) is 6.92 Å². The lowest BCUT2D eigenvalue weighted by atomic mass is 10.1. The average Bonchev–Trinajstić information content (AvgIpc) is 2.83. The molecule has 1 aliphatic rings. The topological polar surface area (TPSA) is 91.6 Å². The predicted octanol–water partition coefficient (Wildman–Crippen LogP) is 0.579. The molecule has 0 spiro atoms. The Labute approximate surface area is 124 Å². The predicted molar refractivity (Wildman–Crippen MR) is 77.9 cm³/mol. The lowest BCUT2D eigenvalue weighted by Gasteiger charge is -2.29. The lowest BCUT2D eigenvalue weighted by molar-refractivity contribution is 0.0685. The minimum atomic E-state index is -3.69. The van der Waals surface area contributed by atoms with Crippen LogP contribution in [0.25, 0.3) is 0 Å².